The van der Waals surface area contributed by atoms with E-state index in [0.717, 1.165) is 11.8 Å². The molecule has 2 aromatic carbocycles. The molecule has 0 bridgehead atoms. The molecule has 0 aliphatic rings. The number of rotatable bonds is 3. The summed E-state index contributed by atoms with van der Waals surface area (Å²) in [6.07, 6.45) is 0. The summed E-state index contributed by atoms with van der Waals surface area (Å²) < 4.78 is 12.8. The normalized spacial score (nSPS) is 10.4. The van der Waals surface area contributed by atoms with Crippen LogP contribution in [0, 0.1) is 5.82 Å². The third kappa shape index (κ3) is 3.19. The average molecular weight is 298 g/mol. The Bertz CT molecular complexity index is 631. The maximum atomic E-state index is 12.8. The zero-order chi connectivity index (χ0) is 14.0. The summed E-state index contributed by atoms with van der Waals surface area (Å²) in [5, 5.41) is 9.41. The van der Waals surface area contributed by atoms with E-state index in [2.05, 4.69) is 0 Å². The van der Waals surface area contributed by atoms with Crippen molar-refractivity contribution in [1.29, 1.82) is 0 Å². The number of hydrogen-bond acceptors (Lipinski definition) is 3. The third-order valence-corrected chi connectivity index (χ3v) is 3.89. The van der Waals surface area contributed by atoms with E-state index in [0.29, 0.717) is 9.79 Å². The molecule has 0 unspecified atom stereocenters. The molecule has 3 nitrogen and oxygen atoms in total. The molecule has 98 valence electrons. The molecule has 0 atom stereocenters. The fraction of sp³-hybridized carbons (Fsp3) is 0. The Balaban J connectivity index is 2.44. The lowest BCUT2D eigenvalue weighted by Gasteiger charge is -2.09. The number of nitrogens with two attached hydrogens (primary N) is 1. The van der Waals surface area contributed by atoms with E-state index >= 15 is 0 Å². The number of carboxylic acid groups (broad SMARTS) is 1. The van der Waals surface area contributed by atoms with Gasteiger partial charge in [0.1, 0.15) is 5.82 Å². The Hall–Kier alpha value is -1.72. The summed E-state index contributed by atoms with van der Waals surface area (Å²) in [6, 6.07) is 8.54. The molecule has 0 aliphatic heterocycles. The first kappa shape index (κ1) is 13.7. The number of anilines is 1. The van der Waals surface area contributed by atoms with Crippen LogP contribution >= 0.6 is 23.4 Å². The smallest absolute Gasteiger partial charge is 0.336 e. The molecule has 0 fully saturated rings. The average Bonchev–Trinajstić information content (AvgIpc) is 2.34. The van der Waals surface area contributed by atoms with E-state index < -0.39 is 5.97 Å². The van der Waals surface area contributed by atoms with Crippen LogP contribution in [-0.2, 0) is 0 Å². The molecular formula is C13H9ClFNO2S. The molecule has 0 aliphatic carbocycles. The van der Waals surface area contributed by atoms with Crippen molar-refractivity contribution in [3.63, 3.8) is 0 Å². The van der Waals surface area contributed by atoms with Gasteiger partial charge in [-0.2, -0.15) is 0 Å². The lowest BCUT2D eigenvalue weighted by molar-refractivity contribution is 0.0693. The van der Waals surface area contributed by atoms with E-state index in [4.69, 9.17) is 22.4 Å². The maximum absolute atomic E-state index is 12.8. The Morgan fingerprint density at radius 3 is 2.47 bits per heavy atom. The summed E-state index contributed by atoms with van der Waals surface area (Å²) in [6.45, 7) is 0. The van der Waals surface area contributed by atoms with Crippen molar-refractivity contribution in [2.75, 3.05) is 5.73 Å². The van der Waals surface area contributed by atoms with Crippen molar-refractivity contribution in [1.82, 2.24) is 0 Å². The lowest BCUT2D eigenvalue weighted by atomic mass is 10.2. The van der Waals surface area contributed by atoms with Gasteiger partial charge in [0.2, 0.25) is 0 Å². The van der Waals surface area contributed by atoms with Crippen LogP contribution in [0.5, 0.6) is 0 Å². The summed E-state index contributed by atoms with van der Waals surface area (Å²) in [7, 11) is 0. The molecule has 3 N–H and O–H groups in total. The Morgan fingerprint density at radius 1 is 1.26 bits per heavy atom. The molecule has 0 radical (unpaired) electrons. The third-order valence-electron chi connectivity index (χ3n) is 2.33. The van der Waals surface area contributed by atoms with E-state index in [1.54, 1.807) is 12.1 Å². The lowest BCUT2D eigenvalue weighted by Crippen LogP contribution is -2.01. The fourth-order valence-corrected chi connectivity index (χ4v) is 2.76. The maximum Gasteiger partial charge on any atom is 0.336 e. The number of benzene rings is 2. The topological polar surface area (TPSA) is 63.3 Å². The van der Waals surface area contributed by atoms with Crippen molar-refractivity contribution in [2.24, 2.45) is 0 Å². The van der Waals surface area contributed by atoms with Crippen LogP contribution in [0.3, 0.4) is 0 Å². The molecule has 0 amide bonds. The molecule has 0 aromatic heterocycles. The van der Waals surface area contributed by atoms with Gasteiger partial charge < -0.3 is 10.8 Å². The number of aromatic carboxylic acids is 1. The van der Waals surface area contributed by atoms with Crippen molar-refractivity contribution < 1.29 is 14.3 Å². The first-order chi connectivity index (χ1) is 8.97. The highest BCUT2D eigenvalue weighted by Crippen LogP contribution is 2.37. The zero-order valence-electron chi connectivity index (χ0n) is 9.56. The van der Waals surface area contributed by atoms with Gasteiger partial charge in [0, 0.05) is 15.5 Å². The van der Waals surface area contributed by atoms with Crippen LogP contribution < -0.4 is 5.73 Å². The van der Waals surface area contributed by atoms with Gasteiger partial charge in [-0.05, 0) is 36.4 Å². The molecule has 19 heavy (non-hydrogen) atoms. The van der Waals surface area contributed by atoms with Crippen LogP contribution in [0.2, 0.25) is 5.02 Å². The second-order valence-corrected chi connectivity index (χ2v) is 5.23. The van der Waals surface area contributed by atoms with Gasteiger partial charge in [0.15, 0.2) is 0 Å². The van der Waals surface area contributed by atoms with Crippen LogP contribution in [0.25, 0.3) is 0 Å². The number of halogens is 2. The minimum Gasteiger partial charge on any atom is -0.478 e. The van der Waals surface area contributed by atoms with Gasteiger partial charge in [-0.3, -0.25) is 0 Å². The van der Waals surface area contributed by atoms with Crippen molar-refractivity contribution in [3.8, 4) is 0 Å². The Morgan fingerprint density at radius 2 is 1.89 bits per heavy atom. The number of hydrogen-bond donors (Lipinski definition) is 2. The Labute approximate surface area is 118 Å². The highest BCUT2D eigenvalue weighted by atomic mass is 35.5. The van der Waals surface area contributed by atoms with E-state index in [-0.39, 0.29) is 22.1 Å². The first-order valence-corrected chi connectivity index (χ1v) is 6.42. The minimum absolute atomic E-state index is 0.0272. The highest BCUT2D eigenvalue weighted by molar-refractivity contribution is 7.99. The SMILES string of the molecule is Nc1cc(Cl)c(Sc2ccc(F)cc2)c(C(=O)O)c1. The molecule has 0 saturated carbocycles. The van der Waals surface area contributed by atoms with Gasteiger partial charge in [-0.1, -0.05) is 23.4 Å². The quantitative estimate of drug-likeness (QED) is 0.843. The van der Waals surface area contributed by atoms with Crippen molar-refractivity contribution >= 4 is 35.0 Å². The van der Waals surface area contributed by atoms with E-state index in [9.17, 15) is 9.18 Å². The Kier molecular flexibility index (Phi) is 3.97. The van der Waals surface area contributed by atoms with Crippen LogP contribution in [0.4, 0.5) is 10.1 Å². The van der Waals surface area contributed by atoms with Crippen molar-refractivity contribution in [3.05, 3.63) is 52.8 Å². The van der Waals surface area contributed by atoms with Gasteiger partial charge in [-0.15, -0.1) is 0 Å². The molecule has 0 heterocycles. The summed E-state index contributed by atoms with van der Waals surface area (Å²) in [5.41, 5.74) is 5.88. The zero-order valence-corrected chi connectivity index (χ0v) is 11.1. The molecule has 6 heteroatoms. The van der Waals surface area contributed by atoms with E-state index in [1.165, 1.54) is 24.3 Å². The monoisotopic (exact) mass is 297 g/mol. The molecule has 2 aromatic rings. The second kappa shape index (κ2) is 5.50. The molecular weight excluding hydrogens is 289 g/mol. The van der Waals surface area contributed by atoms with Gasteiger partial charge in [-0.25, -0.2) is 9.18 Å². The highest BCUT2D eigenvalue weighted by Gasteiger charge is 2.16. The predicted molar refractivity (Wildman–Crippen MR) is 73.3 cm³/mol. The number of carbonyl (C=O) groups is 1. The standard InChI is InChI=1S/C13H9ClFNO2S/c14-11-6-8(16)5-10(13(17)18)12(11)19-9-3-1-7(15)2-4-9/h1-6H,16H2,(H,17,18). The molecule has 0 spiro atoms. The minimum atomic E-state index is -1.11. The predicted octanol–water partition coefficient (Wildman–Crippen LogP) is 3.91. The van der Waals surface area contributed by atoms with Crippen LogP contribution in [0.15, 0.2) is 46.2 Å². The van der Waals surface area contributed by atoms with Gasteiger partial charge in [0.25, 0.3) is 0 Å². The molecule has 0 saturated heterocycles. The van der Waals surface area contributed by atoms with Crippen LogP contribution in [-0.4, -0.2) is 11.1 Å². The number of nitrogen functional groups attached to an aromatic ring is 1. The summed E-state index contributed by atoms with van der Waals surface area (Å²) in [4.78, 5) is 12.3. The largest absolute Gasteiger partial charge is 0.478 e. The van der Waals surface area contributed by atoms with Crippen LogP contribution in [0.1, 0.15) is 10.4 Å². The summed E-state index contributed by atoms with van der Waals surface area (Å²) in [5.74, 6) is -1.47. The van der Waals surface area contributed by atoms with Crippen molar-refractivity contribution in [2.45, 2.75) is 9.79 Å². The summed E-state index contributed by atoms with van der Waals surface area (Å²) >= 11 is 7.17. The first-order valence-electron chi connectivity index (χ1n) is 5.23. The number of carboxylic acids is 1. The second-order valence-electron chi connectivity index (χ2n) is 3.74. The van der Waals surface area contributed by atoms with E-state index in [1.807, 2.05) is 0 Å². The van der Waals surface area contributed by atoms with Gasteiger partial charge >= 0.3 is 5.97 Å². The van der Waals surface area contributed by atoms with Gasteiger partial charge in [0.05, 0.1) is 10.6 Å². The fourth-order valence-electron chi connectivity index (χ4n) is 1.50. The molecule has 2 rings (SSSR count).